The monoisotopic (exact) mass is 405 g/mol. The van der Waals surface area contributed by atoms with Crippen molar-refractivity contribution in [3.8, 4) is 0 Å². The van der Waals surface area contributed by atoms with E-state index in [1.807, 2.05) is 50.2 Å². The molecular formula is C24H27N3O3. The fourth-order valence-corrected chi connectivity index (χ4v) is 3.33. The van der Waals surface area contributed by atoms with Gasteiger partial charge in [0.2, 0.25) is 11.5 Å². The van der Waals surface area contributed by atoms with Gasteiger partial charge in [0, 0.05) is 37.2 Å². The molecule has 0 unspecified atom stereocenters. The SMILES string of the molecule is CCN(CC)c1ccc2cc(C(=O)NC(C)=O)c(=Nc3cccc(C)c3C)oc2c1. The Morgan fingerprint density at radius 1 is 1.07 bits per heavy atom. The van der Waals surface area contributed by atoms with Crippen LogP contribution in [0.4, 0.5) is 11.4 Å². The van der Waals surface area contributed by atoms with Crippen molar-refractivity contribution in [3.63, 3.8) is 0 Å². The standard InChI is InChI=1S/C24H27N3O3/c1-6-27(7-2)19-12-11-18-13-20(23(29)25-17(5)28)24(30-22(18)14-19)26-21-10-8-9-15(3)16(21)4/h8-14H,6-7H2,1-5H3,(H,25,28,29). The van der Waals surface area contributed by atoms with Crippen molar-refractivity contribution in [1.29, 1.82) is 0 Å². The normalized spacial score (nSPS) is 11.6. The summed E-state index contributed by atoms with van der Waals surface area (Å²) in [4.78, 5) is 31.0. The van der Waals surface area contributed by atoms with Crippen molar-refractivity contribution in [2.45, 2.75) is 34.6 Å². The lowest BCUT2D eigenvalue weighted by Gasteiger charge is -2.21. The summed E-state index contributed by atoms with van der Waals surface area (Å²) in [6, 6.07) is 13.4. The van der Waals surface area contributed by atoms with Crippen LogP contribution in [0.5, 0.6) is 0 Å². The van der Waals surface area contributed by atoms with Gasteiger partial charge >= 0.3 is 0 Å². The van der Waals surface area contributed by atoms with Crippen LogP contribution in [0.1, 0.15) is 42.3 Å². The van der Waals surface area contributed by atoms with E-state index in [4.69, 9.17) is 4.42 Å². The van der Waals surface area contributed by atoms with Crippen molar-refractivity contribution in [1.82, 2.24) is 5.32 Å². The van der Waals surface area contributed by atoms with Gasteiger partial charge in [0.05, 0.1) is 5.69 Å². The molecule has 30 heavy (non-hydrogen) atoms. The zero-order valence-corrected chi connectivity index (χ0v) is 18.1. The van der Waals surface area contributed by atoms with Crippen LogP contribution in [0.25, 0.3) is 11.0 Å². The lowest BCUT2D eigenvalue weighted by Crippen LogP contribution is -2.32. The number of aryl methyl sites for hydroxylation is 1. The van der Waals surface area contributed by atoms with Crippen molar-refractivity contribution in [3.05, 3.63) is 64.7 Å². The maximum atomic E-state index is 12.7. The topological polar surface area (TPSA) is 74.9 Å². The summed E-state index contributed by atoms with van der Waals surface area (Å²) in [6.07, 6.45) is 0. The van der Waals surface area contributed by atoms with Crippen LogP contribution in [-0.2, 0) is 4.79 Å². The zero-order valence-electron chi connectivity index (χ0n) is 18.1. The maximum absolute atomic E-state index is 12.7. The van der Waals surface area contributed by atoms with Gasteiger partial charge < -0.3 is 9.32 Å². The number of imide groups is 1. The molecule has 0 aliphatic carbocycles. The van der Waals surface area contributed by atoms with E-state index in [0.29, 0.717) is 5.58 Å². The summed E-state index contributed by atoms with van der Waals surface area (Å²) in [5, 5.41) is 3.08. The molecule has 6 heteroatoms. The number of anilines is 1. The molecular weight excluding hydrogens is 378 g/mol. The Bertz CT molecular complexity index is 1170. The number of carbonyl (C=O) groups excluding carboxylic acids is 2. The minimum Gasteiger partial charge on any atom is -0.437 e. The predicted octanol–water partition coefficient (Wildman–Crippen LogP) is 4.40. The molecule has 0 aliphatic rings. The molecule has 0 saturated heterocycles. The zero-order chi connectivity index (χ0) is 21.8. The Morgan fingerprint density at radius 3 is 2.47 bits per heavy atom. The number of hydrogen-bond donors (Lipinski definition) is 1. The van der Waals surface area contributed by atoms with E-state index in [9.17, 15) is 9.59 Å². The summed E-state index contributed by atoms with van der Waals surface area (Å²) in [6.45, 7) is 11.2. The van der Waals surface area contributed by atoms with Crippen molar-refractivity contribution >= 4 is 34.2 Å². The average Bonchev–Trinajstić information content (AvgIpc) is 2.71. The minimum atomic E-state index is -0.537. The fourth-order valence-electron chi connectivity index (χ4n) is 3.33. The highest BCUT2D eigenvalue weighted by Gasteiger charge is 2.15. The second kappa shape index (κ2) is 8.95. The summed E-state index contributed by atoms with van der Waals surface area (Å²) in [5.74, 6) is -0.973. The first-order chi connectivity index (χ1) is 14.3. The molecule has 0 aliphatic heterocycles. The Kier molecular flexibility index (Phi) is 6.35. The molecule has 0 atom stereocenters. The van der Waals surface area contributed by atoms with Crippen LogP contribution in [0.2, 0.25) is 0 Å². The second-order valence-corrected chi connectivity index (χ2v) is 7.20. The van der Waals surface area contributed by atoms with E-state index in [2.05, 4.69) is 29.1 Å². The number of amides is 2. The molecule has 2 amide bonds. The molecule has 1 heterocycles. The summed E-state index contributed by atoms with van der Waals surface area (Å²) >= 11 is 0. The van der Waals surface area contributed by atoms with Gasteiger partial charge in [-0.25, -0.2) is 4.99 Å². The highest BCUT2D eigenvalue weighted by Crippen LogP contribution is 2.24. The van der Waals surface area contributed by atoms with Crippen LogP contribution in [0, 0.1) is 13.8 Å². The van der Waals surface area contributed by atoms with Crippen LogP contribution in [-0.4, -0.2) is 24.9 Å². The first-order valence-electron chi connectivity index (χ1n) is 10.1. The van der Waals surface area contributed by atoms with Crippen molar-refractivity contribution in [2.75, 3.05) is 18.0 Å². The van der Waals surface area contributed by atoms with Crippen LogP contribution < -0.4 is 15.8 Å². The lowest BCUT2D eigenvalue weighted by molar-refractivity contribution is -0.118. The molecule has 1 aromatic heterocycles. The summed E-state index contributed by atoms with van der Waals surface area (Å²) in [7, 11) is 0. The summed E-state index contributed by atoms with van der Waals surface area (Å²) in [5.41, 5.74) is 4.87. The van der Waals surface area contributed by atoms with Crippen LogP contribution in [0.15, 0.2) is 51.9 Å². The number of nitrogens with zero attached hydrogens (tertiary/aromatic N) is 2. The largest absolute Gasteiger partial charge is 0.437 e. The molecule has 156 valence electrons. The Morgan fingerprint density at radius 2 is 1.80 bits per heavy atom. The quantitative estimate of drug-likeness (QED) is 0.682. The Labute approximate surface area is 176 Å². The predicted molar refractivity (Wildman–Crippen MR) is 119 cm³/mol. The van der Waals surface area contributed by atoms with Crippen LogP contribution >= 0.6 is 0 Å². The molecule has 1 N–H and O–H groups in total. The van der Waals surface area contributed by atoms with Gasteiger partial charge in [-0.05, 0) is 63.1 Å². The van der Waals surface area contributed by atoms with E-state index in [0.717, 1.165) is 41.0 Å². The molecule has 0 spiro atoms. The molecule has 0 bridgehead atoms. The van der Waals surface area contributed by atoms with Crippen molar-refractivity contribution in [2.24, 2.45) is 4.99 Å². The van der Waals surface area contributed by atoms with Gasteiger partial charge in [-0.1, -0.05) is 12.1 Å². The molecule has 0 saturated carbocycles. The van der Waals surface area contributed by atoms with E-state index in [1.54, 1.807) is 6.07 Å². The van der Waals surface area contributed by atoms with Gasteiger partial charge in [0.25, 0.3) is 5.91 Å². The molecule has 0 radical (unpaired) electrons. The smallest absolute Gasteiger partial charge is 0.263 e. The van der Waals surface area contributed by atoms with E-state index in [-0.39, 0.29) is 11.1 Å². The molecule has 0 fully saturated rings. The van der Waals surface area contributed by atoms with Crippen molar-refractivity contribution < 1.29 is 14.0 Å². The van der Waals surface area contributed by atoms with Gasteiger partial charge in [-0.15, -0.1) is 0 Å². The number of nitrogens with one attached hydrogen (secondary N) is 1. The summed E-state index contributed by atoms with van der Waals surface area (Å²) < 4.78 is 6.11. The fraction of sp³-hybridized carbons (Fsp3) is 0.292. The number of benzene rings is 2. The van der Waals surface area contributed by atoms with Gasteiger partial charge in [-0.3, -0.25) is 14.9 Å². The number of hydrogen-bond acceptors (Lipinski definition) is 5. The average molecular weight is 405 g/mol. The third kappa shape index (κ3) is 4.43. The third-order valence-corrected chi connectivity index (χ3v) is 5.19. The number of carbonyl (C=O) groups is 2. The van der Waals surface area contributed by atoms with Crippen LogP contribution in [0.3, 0.4) is 0 Å². The molecule has 3 rings (SSSR count). The van der Waals surface area contributed by atoms with Gasteiger partial charge in [-0.2, -0.15) is 0 Å². The highest BCUT2D eigenvalue weighted by atomic mass is 16.3. The first kappa shape index (κ1) is 21.3. The van der Waals surface area contributed by atoms with Gasteiger partial charge in [0.15, 0.2) is 0 Å². The van der Waals surface area contributed by atoms with E-state index >= 15 is 0 Å². The molecule has 6 nitrogen and oxygen atoms in total. The Hall–Kier alpha value is -3.41. The highest BCUT2D eigenvalue weighted by molar-refractivity contribution is 6.05. The minimum absolute atomic E-state index is 0.173. The number of rotatable bonds is 5. The third-order valence-electron chi connectivity index (χ3n) is 5.19. The Balaban J connectivity index is 2.26. The van der Waals surface area contributed by atoms with Gasteiger partial charge in [0.1, 0.15) is 11.1 Å². The van der Waals surface area contributed by atoms with E-state index < -0.39 is 11.8 Å². The lowest BCUT2D eigenvalue weighted by atomic mass is 10.1. The molecule has 2 aromatic carbocycles. The first-order valence-corrected chi connectivity index (χ1v) is 10.1. The van der Waals surface area contributed by atoms with E-state index in [1.165, 1.54) is 6.92 Å². The second-order valence-electron chi connectivity index (χ2n) is 7.20. The molecule has 3 aromatic rings. The maximum Gasteiger partial charge on any atom is 0.263 e. The number of fused-ring (bicyclic) bond motifs is 1.